The van der Waals surface area contributed by atoms with Gasteiger partial charge in [-0.1, -0.05) is 15.9 Å². The predicted molar refractivity (Wildman–Crippen MR) is 73.7 cm³/mol. The molecule has 0 fully saturated rings. The molecule has 0 saturated carbocycles. The molecular formula is C12H17BrN2O3. The van der Waals surface area contributed by atoms with Crippen LogP contribution < -0.4 is 10.6 Å². The van der Waals surface area contributed by atoms with Gasteiger partial charge in [-0.15, -0.1) is 0 Å². The van der Waals surface area contributed by atoms with Gasteiger partial charge in [0, 0.05) is 17.3 Å². The minimum absolute atomic E-state index is 0.157. The Bertz CT molecular complexity index is 399. The maximum absolute atomic E-state index is 11.5. The molecule has 6 heteroatoms. The Morgan fingerprint density at radius 1 is 1.39 bits per heavy atom. The highest BCUT2D eigenvalue weighted by Gasteiger charge is 2.02. The number of hydrogen-bond donors (Lipinski definition) is 2. The molecule has 2 amide bonds. The monoisotopic (exact) mass is 316 g/mol. The van der Waals surface area contributed by atoms with E-state index in [1.807, 2.05) is 25.1 Å². The molecule has 0 heterocycles. The van der Waals surface area contributed by atoms with E-state index in [-0.39, 0.29) is 12.8 Å². The highest BCUT2D eigenvalue weighted by molar-refractivity contribution is 9.10. The first-order valence-electron chi connectivity index (χ1n) is 5.51. The second kappa shape index (κ2) is 8.07. The first-order valence-corrected chi connectivity index (χ1v) is 6.30. The second-order valence-electron chi connectivity index (χ2n) is 3.64. The maximum Gasteiger partial charge on any atom is 0.321 e. The van der Waals surface area contributed by atoms with Gasteiger partial charge < -0.3 is 20.1 Å². The first kappa shape index (κ1) is 14.9. The van der Waals surface area contributed by atoms with Crippen molar-refractivity contribution >= 4 is 27.6 Å². The molecule has 5 nitrogen and oxygen atoms in total. The molecule has 0 aliphatic heterocycles. The zero-order valence-corrected chi connectivity index (χ0v) is 12.0. The van der Waals surface area contributed by atoms with Crippen molar-refractivity contribution in [2.75, 3.05) is 32.4 Å². The van der Waals surface area contributed by atoms with Gasteiger partial charge in [0.05, 0.1) is 13.2 Å². The first-order chi connectivity index (χ1) is 8.63. The predicted octanol–water partition coefficient (Wildman–Crippen LogP) is 2.50. The lowest BCUT2D eigenvalue weighted by Gasteiger charge is -2.09. The van der Waals surface area contributed by atoms with Crippen LogP contribution in [0.4, 0.5) is 10.5 Å². The summed E-state index contributed by atoms with van der Waals surface area (Å²) < 4.78 is 10.9. The highest BCUT2D eigenvalue weighted by Crippen LogP contribution is 2.19. The van der Waals surface area contributed by atoms with Crippen molar-refractivity contribution in [3.05, 3.63) is 28.2 Å². The van der Waals surface area contributed by atoms with E-state index in [0.717, 1.165) is 15.7 Å². The van der Waals surface area contributed by atoms with Gasteiger partial charge in [-0.3, -0.25) is 0 Å². The van der Waals surface area contributed by atoms with Crippen LogP contribution in [0, 0.1) is 6.92 Å². The molecule has 2 N–H and O–H groups in total. The number of carbonyl (C=O) groups excluding carboxylic acids is 1. The van der Waals surface area contributed by atoms with Gasteiger partial charge in [-0.2, -0.15) is 0 Å². The van der Waals surface area contributed by atoms with Gasteiger partial charge >= 0.3 is 6.03 Å². The third kappa shape index (κ3) is 5.48. The summed E-state index contributed by atoms with van der Waals surface area (Å²) in [5.74, 6) is 0. The molecule has 1 aromatic rings. The molecule has 0 aliphatic rings. The Balaban J connectivity index is 2.29. The number of aryl methyl sites for hydroxylation is 1. The quantitative estimate of drug-likeness (QED) is 0.626. The Morgan fingerprint density at radius 2 is 2.17 bits per heavy atom. The zero-order chi connectivity index (χ0) is 13.4. The maximum atomic E-state index is 11.5. The fourth-order valence-electron chi connectivity index (χ4n) is 1.23. The third-order valence-electron chi connectivity index (χ3n) is 2.18. The van der Waals surface area contributed by atoms with E-state index in [1.54, 1.807) is 7.11 Å². The summed E-state index contributed by atoms with van der Waals surface area (Å²) >= 11 is 3.40. The lowest BCUT2D eigenvalue weighted by atomic mass is 10.2. The topological polar surface area (TPSA) is 59.6 Å². The van der Waals surface area contributed by atoms with Crippen LogP contribution in [0.25, 0.3) is 0 Å². The van der Waals surface area contributed by atoms with Crippen LogP contribution in [0.5, 0.6) is 0 Å². The molecule has 0 aromatic heterocycles. The zero-order valence-electron chi connectivity index (χ0n) is 10.5. The van der Waals surface area contributed by atoms with Crippen molar-refractivity contribution < 1.29 is 14.3 Å². The normalized spacial score (nSPS) is 10.2. The van der Waals surface area contributed by atoms with Crippen LogP contribution in [-0.2, 0) is 9.47 Å². The average molecular weight is 317 g/mol. The highest BCUT2D eigenvalue weighted by atomic mass is 79.9. The van der Waals surface area contributed by atoms with Gasteiger partial charge in [0.2, 0.25) is 0 Å². The number of hydrogen-bond acceptors (Lipinski definition) is 3. The average Bonchev–Trinajstić information content (AvgIpc) is 2.34. The molecule has 18 heavy (non-hydrogen) atoms. The standard InChI is InChI=1S/C12H17BrN2O3/c1-9-7-10(3-4-11(9)13)15-12(16)14-8-18-6-5-17-2/h3-4,7H,5-6,8H2,1-2H3,(H2,14,15,16). The molecule has 0 spiro atoms. The Labute approximate surface area is 115 Å². The van der Waals surface area contributed by atoms with Crippen LogP contribution in [-0.4, -0.2) is 33.1 Å². The van der Waals surface area contributed by atoms with Gasteiger partial charge in [0.25, 0.3) is 0 Å². The summed E-state index contributed by atoms with van der Waals surface area (Å²) in [5.41, 5.74) is 1.80. The largest absolute Gasteiger partial charge is 0.382 e. The van der Waals surface area contributed by atoms with E-state index in [0.29, 0.717) is 13.2 Å². The Morgan fingerprint density at radius 3 is 2.83 bits per heavy atom. The number of anilines is 1. The summed E-state index contributed by atoms with van der Waals surface area (Å²) in [7, 11) is 1.60. The molecule has 0 radical (unpaired) electrons. The van der Waals surface area contributed by atoms with Crippen LogP contribution in [0.1, 0.15) is 5.56 Å². The summed E-state index contributed by atoms with van der Waals surface area (Å²) in [4.78, 5) is 11.5. The fourth-order valence-corrected chi connectivity index (χ4v) is 1.48. The molecule has 1 rings (SSSR count). The summed E-state index contributed by atoms with van der Waals surface area (Å²) in [6, 6.07) is 5.30. The van der Waals surface area contributed by atoms with Crippen molar-refractivity contribution in [3.63, 3.8) is 0 Å². The van der Waals surface area contributed by atoms with E-state index in [4.69, 9.17) is 9.47 Å². The van der Waals surface area contributed by atoms with E-state index >= 15 is 0 Å². The van der Waals surface area contributed by atoms with Gasteiger partial charge in [0.1, 0.15) is 6.73 Å². The van der Waals surface area contributed by atoms with Crippen molar-refractivity contribution in [3.8, 4) is 0 Å². The molecule has 100 valence electrons. The van der Waals surface area contributed by atoms with Crippen LogP contribution in [0.3, 0.4) is 0 Å². The van der Waals surface area contributed by atoms with Crippen molar-refractivity contribution in [2.45, 2.75) is 6.92 Å². The molecule has 0 saturated heterocycles. The number of ether oxygens (including phenoxy) is 2. The smallest absolute Gasteiger partial charge is 0.321 e. The van der Waals surface area contributed by atoms with E-state index in [2.05, 4.69) is 26.6 Å². The second-order valence-corrected chi connectivity index (χ2v) is 4.49. The number of urea groups is 1. The molecule has 0 bridgehead atoms. The number of rotatable bonds is 6. The summed E-state index contributed by atoms with van der Waals surface area (Å²) in [6.45, 7) is 3.08. The molecule has 1 aromatic carbocycles. The number of methoxy groups -OCH3 is 1. The summed E-state index contributed by atoms with van der Waals surface area (Å²) in [5, 5.41) is 5.30. The summed E-state index contributed by atoms with van der Waals surface area (Å²) in [6.07, 6.45) is 0. The van der Waals surface area contributed by atoms with Crippen LogP contribution >= 0.6 is 15.9 Å². The van der Waals surface area contributed by atoms with Crippen LogP contribution in [0.2, 0.25) is 0 Å². The van der Waals surface area contributed by atoms with Gasteiger partial charge in [0.15, 0.2) is 0 Å². The molecule has 0 aliphatic carbocycles. The lowest BCUT2D eigenvalue weighted by Crippen LogP contribution is -2.31. The van der Waals surface area contributed by atoms with Crippen LogP contribution in [0.15, 0.2) is 22.7 Å². The minimum Gasteiger partial charge on any atom is -0.382 e. The van der Waals surface area contributed by atoms with Crippen molar-refractivity contribution in [1.82, 2.24) is 5.32 Å². The number of carbonyl (C=O) groups is 1. The number of benzene rings is 1. The molecular weight excluding hydrogens is 300 g/mol. The molecule has 0 atom stereocenters. The van der Waals surface area contributed by atoms with Gasteiger partial charge in [-0.25, -0.2) is 4.79 Å². The number of amides is 2. The lowest BCUT2D eigenvalue weighted by molar-refractivity contribution is 0.0650. The molecule has 0 unspecified atom stereocenters. The van der Waals surface area contributed by atoms with Gasteiger partial charge in [-0.05, 0) is 30.7 Å². The number of halogens is 1. The van der Waals surface area contributed by atoms with Crippen molar-refractivity contribution in [2.24, 2.45) is 0 Å². The minimum atomic E-state index is -0.297. The van der Waals surface area contributed by atoms with E-state index in [9.17, 15) is 4.79 Å². The Hall–Kier alpha value is -1.11. The SMILES string of the molecule is COCCOCNC(=O)Nc1ccc(Br)c(C)c1. The number of nitrogens with one attached hydrogen (secondary N) is 2. The van der Waals surface area contributed by atoms with E-state index in [1.165, 1.54) is 0 Å². The van der Waals surface area contributed by atoms with E-state index < -0.39 is 0 Å². The Kier molecular flexibility index (Phi) is 6.70. The van der Waals surface area contributed by atoms with Crippen molar-refractivity contribution in [1.29, 1.82) is 0 Å². The third-order valence-corrected chi connectivity index (χ3v) is 3.07. The fraction of sp³-hybridized carbons (Fsp3) is 0.417.